The van der Waals surface area contributed by atoms with Gasteiger partial charge in [-0.1, -0.05) is 33.6 Å². The molecule has 5 heteroatoms. The van der Waals surface area contributed by atoms with Gasteiger partial charge < -0.3 is 5.73 Å². The number of nitrogens with two attached hydrogens (primary N) is 1. The van der Waals surface area contributed by atoms with Crippen LogP contribution in [0.15, 0.2) is 22.7 Å². The van der Waals surface area contributed by atoms with Gasteiger partial charge >= 0.3 is 0 Å². The molecule has 0 aliphatic carbocycles. The van der Waals surface area contributed by atoms with Crippen LogP contribution >= 0.6 is 38.9 Å². The van der Waals surface area contributed by atoms with E-state index < -0.39 is 0 Å². The van der Waals surface area contributed by atoms with Gasteiger partial charge in [0.15, 0.2) is 0 Å². The number of hydrogen-bond donors (Lipinski definition) is 1. The summed E-state index contributed by atoms with van der Waals surface area (Å²) < 4.78 is 0.981. The molecule has 0 aliphatic rings. The lowest BCUT2D eigenvalue weighted by molar-refractivity contribution is 0.728. The minimum absolute atomic E-state index is 0.0464. The molecule has 2 rings (SSSR count). The highest BCUT2D eigenvalue weighted by atomic mass is 79.9. The largest absolute Gasteiger partial charge is 0.323 e. The third-order valence-electron chi connectivity index (χ3n) is 2.73. The summed E-state index contributed by atoms with van der Waals surface area (Å²) >= 11 is 11.3. The molecule has 2 aromatic rings. The van der Waals surface area contributed by atoms with Gasteiger partial charge in [-0.3, -0.25) is 0 Å². The quantitative estimate of drug-likeness (QED) is 0.894. The minimum atomic E-state index is -0.0464. The summed E-state index contributed by atoms with van der Waals surface area (Å²) in [6, 6.07) is 5.85. The predicted octanol–water partition coefficient (Wildman–Crippen LogP) is 4.42. The molecule has 2 N–H and O–H groups in total. The fourth-order valence-electron chi connectivity index (χ4n) is 1.91. The number of aromatic nitrogens is 1. The Balaban J connectivity index is 2.21. The highest BCUT2D eigenvalue weighted by molar-refractivity contribution is 9.10. The SMILES string of the molecule is Cc1nc(C)c(C(N)Cc2ccc(Br)cc2Cl)s1. The van der Waals surface area contributed by atoms with Crippen molar-refractivity contribution in [3.05, 3.63) is 48.8 Å². The molecular weight excluding hydrogens is 332 g/mol. The Labute approximate surface area is 124 Å². The van der Waals surface area contributed by atoms with Crippen molar-refractivity contribution >= 4 is 38.9 Å². The zero-order chi connectivity index (χ0) is 13.3. The van der Waals surface area contributed by atoms with E-state index in [1.807, 2.05) is 32.0 Å². The minimum Gasteiger partial charge on any atom is -0.323 e. The van der Waals surface area contributed by atoms with Crippen LogP contribution in [0.3, 0.4) is 0 Å². The van der Waals surface area contributed by atoms with E-state index in [9.17, 15) is 0 Å². The van der Waals surface area contributed by atoms with Crippen molar-refractivity contribution in [1.82, 2.24) is 4.98 Å². The molecule has 0 fully saturated rings. The van der Waals surface area contributed by atoms with E-state index in [0.717, 1.165) is 37.1 Å². The Morgan fingerprint density at radius 2 is 2.17 bits per heavy atom. The summed E-state index contributed by atoms with van der Waals surface area (Å²) in [4.78, 5) is 5.55. The zero-order valence-corrected chi connectivity index (χ0v) is 13.4. The van der Waals surface area contributed by atoms with Crippen molar-refractivity contribution in [2.75, 3.05) is 0 Å². The molecule has 0 saturated heterocycles. The van der Waals surface area contributed by atoms with Crippen molar-refractivity contribution in [3.8, 4) is 0 Å². The first-order valence-corrected chi connectivity index (χ1v) is 7.59. The van der Waals surface area contributed by atoms with E-state index in [2.05, 4.69) is 20.9 Å². The second-order valence-corrected chi connectivity index (χ2v) is 6.79. The van der Waals surface area contributed by atoms with Crippen LogP contribution in [0.2, 0.25) is 5.02 Å². The highest BCUT2D eigenvalue weighted by Gasteiger charge is 2.15. The van der Waals surface area contributed by atoms with Crippen molar-refractivity contribution in [2.45, 2.75) is 26.3 Å². The summed E-state index contributed by atoms with van der Waals surface area (Å²) in [5.41, 5.74) is 8.34. The van der Waals surface area contributed by atoms with Crippen LogP contribution in [-0.4, -0.2) is 4.98 Å². The number of hydrogen-bond acceptors (Lipinski definition) is 3. The molecule has 18 heavy (non-hydrogen) atoms. The summed E-state index contributed by atoms with van der Waals surface area (Å²) in [6.07, 6.45) is 0.731. The number of aryl methyl sites for hydroxylation is 2. The lowest BCUT2D eigenvalue weighted by atomic mass is 10.0. The molecule has 0 aliphatic heterocycles. The molecule has 1 atom stereocenters. The maximum absolute atomic E-state index is 6.25. The Hall–Kier alpha value is -0.420. The highest BCUT2D eigenvalue weighted by Crippen LogP contribution is 2.29. The number of halogens is 2. The summed E-state index contributed by atoms with van der Waals surface area (Å²) in [5, 5.41) is 1.80. The van der Waals surface area contributed by atoms with Crippen LogP contribution in [0, 0.1) is 13.8 Å². The van der Waals surface area contributed by atoms with E-state index in [-0.39, 0.29) is 6.04 Å². The van der Waals surface area contributed by atoms with Gasteiger partial charge in [-0.05, 0) is 38.0 Å². The summed E-state index contributed by atoms with van der Waals surface area (Å²) in [6.45, 7) is 4.00. The van der Waals surface area contributed by atoms with E-state index >= 15 is 0 Å². The monoisotopic (exact) mass is 344 g/mol. The van der Waals surface area contributed by atoms with Gasteiger partial charge in [0.2, 0.25) is 0 Å². The smallest absolute Gasteiger partial charge is 0.0900 e. The first-order valence-electron chi connectivity index (χ1n) is 5.61. The maximum atomic E-state index is 6.25. The number of nitrogens with zero attached hydrogens (tertiary/aromatic N) is 1. The van der Waals surface area contributed by atoms with Crippen molar-refractivity contribution in [1.29, 1.82) is 0 Å². The van der Waals surface area contributed by atoms with Gasteiger partial charge in [-0.15, -0.1) is 11.3 Å². The normalized spacial score (nSPS) is 12.7. The van der Waals surface area contributed by atoms with Gasteiger partial charge in [-0.25, -0.2) is 4.98 Å². The first-order chi connectivity index (χ1) is 8.47. The topological polar surface area (TPSA) is 38.9 Å². The number of thiazole rings is 1. The second-order valence-electron chi connectivity index (χ2n) is 4.23. The zero-order valence-electron chi connectivity index (χ0n) is 10.2. The van der Waals surface area contributed by atoms with E-state index in [4.69, 9.17) is 17.3 Å². The molecule has 0 radical (unpaired) electrons. The van der Waals surface area contributed by atoms with Crippen LogP contribution < -0.4 is 5.73 Å². The van der Waals surface area contributed by atoms with Crippen LogP contribution in [0.1, 0.15) is 27.2 Å². The van der Waals surface area contributed by atoms with Gasteiger partial charge in [0.25, 0.3) is 0 Å². The first kappa shape index (κ1) is 14.0. The molecule has 1 unspecified atom stereocenters. The van der Waals surface area contributed by atoms with Crippen LogP contribution in [-0.2, 0) is 6.42 Å². The summed E-state index contributed by atoms with van der Waals surface area (Å²) in [7, 11) is 0. The van der Waals surface area contributed by atoms with Gasteiger partial charge in [0, 0.05) is 20.4 Å². The summed E-state index contributed by atoms with van der Waals surface area (Å²) in [5.74, 6) is 0. The van der Waals surface area contributed by atoms with Crippen LogP contribution in [0.25, 0.3) is 0 Å². The Morgan fingerprint density at radius 3 is 2.72 bits per heavy atom. The van der Waals surface area contributed by atoms with Crippen LogP contribution in [0.5, 0.6) is 0 Å². The van der Waals surface area contributed by atoms with Crippen molar-refractivity contribution in [2.24, 2.45) is 5.73 Å². The molecule has 0 spiro atoms. The number of benzene rings is 1. The average molecular weight is 346 g/mol. The fraction of sp³-hybridized carbons (Fsp3) is 0.308. The molecule has 0 amide bonds. The molecular formula is C13H14BrClN2S. The Morgan fingerprint density at radius 1 is 1.44 bits per heavy atom. The van der Waals surface area contributed by atoms with Gasteiger partial charge in [0.1, 0.15) is 0 Å². The van der Waals surface area contributed by atoms with Crippen LogP contribution in [0.4, 0.5) is 0 Å². The number of rotatable bonds is 3. The van der Waals surface area contributed by atoms with E-state index in [1.54, 1.807) is 11.3 Å². The maximum Gasteiger partial charge on any atom is 0.0900 e. The standard InChI is InChI=1S/C13H14BrClN2S/c1-7-13(18-8(2)17-7)12(16)5-9-3-4-10(14)6-11(9)15/h3-4,6,12H,5,16H2,1-2H3. The fourth-order valence-corrected chi connectivity index (χ4v) is 3.59. The van der Waals surface area contributed by atoms with E-state index in [0.29, 0.717) is 0 Å². The lowest BCUT2D eigenvalue weighted by Crippen LogP contribution is -2.13. The molecule has 0 bridgehead atoms. The Kier molecular flexibility index (Phi) is 4.43. The molecule has 1 heterocycles. The lowest BCUT2D eigenvalue weighted by Gasteiger charge is -2.12. The third kappa shape index (κ3) is 3.12. The molecule has 1 aromatic heterocycles. The van der Waals surface area contributed by atoms with E-state index in [1.165, 1.54) is 0 Å². The molecule has 1 aromatic carbocycles. The second kappa shape index (κ2) is 5.70. The third-order valence-corrected chi connectivity index (χ3v) is 4.78. The Bertz CT molecular complexity index is 568. The van der Waals surface area contributed by atoms with Gasteiger partial charge in [0.05, 0.1) is 10.7 Å². The van der Waals surface area contributed by atoms with Crippen molar-refractivity contribution in [3.63, 3.8) is 0 Å². The molecule has 0 saturated carbocycles. The van der Waals surface area contributed by atoms with Crippen molar-refractivity contribution < 1.29 is 0 Å². The van der Waals surface area contributed by atoms with Gasteiger partial charge in [-0.2, -0.15) is 0 Å². The molecule has 96 valence electrons. The predicted molar refractivity (Wildman–Crippen MR) is 81.4 cm³/mol. The molecule has 2 nitrogen and oxygen atoms in total. The average Bonchev–Trinajstić information content (AvgIpc) is 2.62.